The van der Waals surface area contributed by atoms with Crippen LogP contribution < -0.4 is 0 Å². The Hall–Kier alpha value is -1.84. The molecule has 0 N–H and O–H groups in total. The summed E-state index contributed by atoms with van der Waals surface area (Å²) >= 11 is 0. The zero-order valence-corrected chi connectivity index (χ0v) is 7.10. The maximum atomic E-state index is 4.89. The Kier molecular flexibility index (Phi) is 1.96. The van der Waals surface area contributed by atoms with E-state index in [1.54, 1.807) is 12.3 Å². The highest BCUT2D eigenvalue weighted by atomic mass is 16.5. The smallest absolute Gasteiger partial charge is 0.140 e. The molecule has 0 atom stereocenters. The second-order valence-corrected chi connectivity index (χ2v) is 2.59. The number of rotatable bonds is 2. The van der Waals surface area contributed by atoms with Crippen molar-refractivity contribution in [1.82, 2.24) is 10.3 Å². The van der Waals surface area contributed by atoms with Crippen LogP contribution in [0.5, 0.6) is 0 Å². The van der Waals surface area contributed by atoms with Gasteiger partial charge in [-0.3, -0.25) is 0 Å². The molecule has 0 saturated heterocycles. The van der Waals surface area contributed by atoms with E-state index < -0.39 is 0 Å². The quantitative estimate of drug-likeness (QED) is 0.703. The van der Waals surface area contributed by atoms with Crippen LogP contribution in [0.25, 0.3) is 12.2 Å². The monoisotopic (exact) mass is 176 g/mol. The molecule has 0 unspecified atom stereocenters. The predicted octanol–water partition coefficient (Wildman–Crippen LogP) is 2.14. The molecule has 4 heteroatoms. The highest BCUT2D eigenvalue weighted by molar-refractivity contribution is 5.67. The summed E-state index contributed by atoms with van der Waals surface area (Å²) in [5, 5.41) is 7.38. The van der Waals surface area contributed by atoms with Gasteiger partial charge >= 0.3 is 0 Å². The van der Waals surface area contributed by atoms with Gasteiger partial charge in [0.1, 0.15) is 17.7 Å². The number of hydrogen-bond donors (Lipinski definition) is 0. The summed E-state index contributed by atoms with van der Waals surface area (Å²) in [4.78, 5) is 0. The van der Waals surface area contributed by atoms with Crippen molar-refractivity contribution in [3.63, 3.8) is 0 Å². The lowest BCUT2D eigenvalue weighted by Crippen LogP contribution is -1.70. The first-order chi connectivity index (χ1) is 6.36. The van der Waals surface area contributed by atoms with Crippen LogP contribution in [0, 0.1) is 6.92 Å². The van der Waals surface area contributed by atoms with Crippen molar-refractivity contribution in [2.24, 2.45) is 0 Å². The Balaban J connectivity index is 2.19. The van der Waals surface area contributed by atoms with Gasteiger partial charge in [-0.1, -0.05) is 10.3 Å². The van der Waals surface area contributed by atoms with Crippen LogP contribution in [0.4, 0.5) is 0 Å². The molecule has 2 heterocycles. The minimum absolute atomic E-state index is 0.778. The van der Waals surface area contributed by atoms with Gasteiger partial charge in [0, 0.05) is 11.6 Å². The lowest BCUT2D eigenvalue weighted by Gasteiger charge is -1.83. The van der Waals surface area contributed by atoms with Gasteiger partial charge < -0.3 is 9.05 Å². The normalized spacial score (nSPS) is 11.2. The minimum Gasteiger partial charge on any atom is -0.364 e. The third kappa shape index (κ3) is 1.66. The zero-order chi connectivity index (χ0) is 9.10. The summed E-state index contributed by atoms with van der Waals surface area (Å²) in [6.07, 6.45) is 6.90. The molecular weight excluding hydrogens is 168 g/mol. The van der Waals surface area contributed by atoms with Crippen LogP contribution in [-0.4, -0.2) is 10.3 Å². The maximum Gasteiger partial charge on any atom is 0.140 e. The second-order valence-electron chi connectivity index (χ2n) is 2.59. The van der Waals surface area contributed by atoms with E-state index in [9.17, 15) is 0 Å². The second kappa shape index (κ2) is 3.26. The molecule has 13 heavy (non-hydrogen) atoms. The van der Waals surface area contributed by atoms with Gasteiger partial charge in [0.2, 0.25) is 0 Å². The van der Waals surface area contributed by atoms with Gasteiger partial charge in [0.25, 0.3) is 0 Å². The first kappa shape index (κ1) is 7.79. The topological polar surface area (TPSA) is 52.1 Å². The average molecular weight is 176 g/mol. The van der Waals surface area contributed by atoms with Crippen LogP contribution in [0.15, 0.2) is 27.6 Å². The fourth-order valence-electron chi connectivity index (χ4n) is 0.949. The van der Waals surface area contributed by atoms with E-state index in [2.05, 4.69) is 14.8 Å². The molecule has 0 aliphatic carbocycles. The van der Waals surface area contributed by atoms with E-state index >= 15 is 0 Å². The molecule has 0 aromatic carbocycles. The Labute approximate surface area is 74.8 Å². The Morgan fingerprint density at radius 2 is 2.31 bits per heavy atom. The number of aryl methyl sites for hydroxylation is 1. The summed E-state index contributed by atoms with van der Waals surface area (Å²) < 4.78 is 9.56. The molecular formula is C9H8N2O2. The number of hydrogen-bond acceptors (Lipinski definition) is 4. The molecule has 66 valence electrons. The maximum absolute atomic E-state index is 4.89. The predicted molar refractivity (Wildman–Crippen MR) is 46.7 cm³/mol. The van der Waals surface area contributed by atoms with Gasteiger partial charge in [-0.15, -0.1) is 0 Å². The summed E-state index contributed by atoms with van der Waals surface area (Å²) in [6.45, 7) is 1.86. The van der Waals surface area contributed by atoms with Gasteiger partial charge in [-0.2, -0.15) is 0 Å². The van der Waals surface area contributed by atoms with E-state index in [-0.39, 0.29) is 0 Å². The van der Waals surface area contributed by atoms with Crippen LogP contribution >= 0.6 is 0 Å². The lowest BCUT2D eigenvalue weighted by atomic mass is 10.2. The molecule has 0 spiro atoms. The van der Waals surface area contributed by atoms with Crippen LogP contribution in [0.2, 0.25) is 0 Å². The molecule has 0 aliphatic rings. The largest absolute Gasteiger partial charge is 0.364 e. The third-order valence-electron chi connectivity index (χ3n) is 1.68. The third-order valence-corrected chi connectivity index (χ3v) is 1.68. The molecule has 0 aliphatic heterocycles. The van der Waals surface area contributed by atoms with Crippen molar-refractivity contribution < 1.29 is 9.05 Å². The lowest BCUT2D eigenvalue weighted by molar-refractivity contribution is 0.397. The Bertz CT molecular complexity index is 401. The van der Waals surface area contributed by atoms with Crippen molar-refractivity contribution in [1.29, 1.82) is 0 Å². The summed E-state index contributed by atoms with van der Waals surface area (Å²) in [6, 6.07) is 1.78. The van der Waals surface area contributed by atoms with Gasteiger partial charge in [0.05, 0.1) is 6.20 Å². The molecule has 0 amide bonds. The summed E-state index contributed by atoms with van der Waals surface area (Å²) in [5.74, 6) is 0.791. The highest BCUT2D eigenvalue weighted by Crippen LogP contribution is 2.10. The fraction of sp³-hybridized carbons (Fsp3) is 0.111. The molecule has 0 saturated carbocycles. The molecule has 2 aromatic heterocycles. The highest BCUT2D eigenvalue weighted by Gasteiger charge is 1.97. The van der Waals surface area contributed by atoms with E-state index in [0.717, 1.165) is 17.0 Å². The van der Waals surface area contributed by atoms with Crippen molar-refractivity contribution in [3.8, 4) is 0 Å². The van der Waals surface area contributed by atoms with Crippen LogP contribution in [0.1, 0.15) is 17.0 Å². The summed E-state index contributed by atoms with van der Waals surface area (Å²) in [7, 11) is 0. The SMILES string of the molecule is Cc1oncc1C=Cc1ccon1. The standard InChI is InChI=1S/C9H8N2O2/c1-7-8(6-10-13-7)2-3-9-4-5-12-11-9/h2-6H,1H3. The van der Waals surface area contributed by atoms with E-state index in [0.29, 0.717) is 0 Å². The van der Waals surface area contributed by atoms with Gasteiger partial charge in [-0.25, -0.2) is 0 Å². The van der Waals surface area contributed by atoms with Gasteiger partial charge in [0.15, 0.2) is 0 Å². The molecule has 2 aromatic rings. The van der Waals surface area contributed by atoms with Crippen molar-refractivity contribution in [3.05, 3.63) is 35.5 Å². The van der Waals surface area contributed by atoms with Crippen molar-refractivity contribution in [2.45, 2.75) is 6.92 Å². The summed E-state index contributed by atoms with van der Waals surface area (Å²) in [5.41, 5.74) is 1.73. The molecule has 0 bridgehead atoms. The first-order valence-electron chi connectivity index (χ1n) is 3.86. The van der Waals surface area contributed by atoms with E-state index in [1.165, 1.54) is 6.26 Å². The molecule has 4 nitrogen and oxygen atoms in total. The molecule has 2 rings (SSSR count). The Morgan fingerprint density at radius 3 is 2.92 bits per heavy atom. The van der Waals surface area contributed by atoms with Crippen LogP contribution in [-0.2, 0) is 0 Å². The zero-order valence-electron chi connectivity index (χ0n) is 7.10. The van der Waals surface area contributed by atoms with Crippen molar-refractivity contribution in [2.75, 3.05) is 0 Å². The van der Waals surface area contributed by atoms with Gasteiger partial charge in [-0.05, 0) is 19.1 Å². The van der Waals surface area contributed by atoms with Crippen molar-refractivity contribution >= 4 is 12.2 Å². The van der Waals surface area contributed by atoms with E-state index in [1.807, 2.05) is 19.1 Å². The fourth-order valence-corrected chi connectivity index (χ4v) is 0.949. The minimum atomic E-state index is 0.778. The van der Waals surface area contributed by atoms with Crippen LogP contribution in [0.3, 0.4) is 0 Å². The van der Waals surface area contributed by atoms with E-state index in [4.69, 9.17) is 4.52 Å². The molecule has 0 fully saturated rings. The Morgan fingerprint density at radius 1 is 1.38 bits per heavy atom. The first-order valence-corrected chi connectivity index (χ1v) is 3.86. The number of aromatic nitrogens is 2. The average Bonchev–Trinajstić information content (AvgIpc) is 2.72. The molecule has 0 radical (unpaired) electrons. The number of nitrogens with zero attached hydrogens (tertiary/aromatic N) is 2.